The molecule has 0 fully saturated rings. The predicted octanol–water partition coefficient (Wildman–Crippen LogP) is 2.82. The Morgan fingerprint density at radius 2 is 1.90 bits per heavy atom. The Morgan fingerprint density at radius 3 is 2.40 bits per heavy atom. The zero-order valence-corrected chi connectivity index (χ0v) is 14.0. The van der Waals surface area contributed by atoms with Crippen molar-refractivity contribution in [1.29, 1.82) is 0 Å². The Bertz CT molecular complexity index is 571. The van der Waals surface area contributed by atoms with E-state index in [1.807, 2.05) is 6.92 Å². The van der Waals surface area contributed by atoms with Crippen molar-refractivity contribution in [1.82, 2.24) is 4.72 Å². The molecular formula is C14H23ClN2O2S. The lowest BCUT2D eigenvalue weighted by molar-refractivity contribution is 0.482. The molecule has 0 aromatic heterocycles. The first-order valence-electron chi connectivity index (χ1n) is 6.68. The first-order chi connectivity index (χ1) is 9.17. The van der Waals surface area contributed by atoms with Crippen molar-refractivity contribution in [2.75, 3.05) is 0 Å². The van der Waals surface area contributed by atoms with Gasteiger partial charge in [-0.3, -0.25) is 0 Å². The van der Waals surface area contributed by atoms with Gasteiger partial charge in [-0.05, 0) is 49.4 Å². The van der Waals surface area contributed by atoms with Gasteiger partial charge in [-0.25, -0.2) is 13.1 Å². The fourth-order valence-corrected chi connectivity index (χ4v) is 4.16. The van der Waals surface area contributed by atoms with Crippen molar-refractivity contribution in [3.63, 3.8) is 0 Å². The second-order valence-corrected chi connectivity index (χ2v) is 7.66. The van der Waals surface area contributed by atoms with Crippen LogP contribution in [0.5, 0.6) is 0 Å². The minimum Gasteiger partial charge on any atom is -0.326 e. The van der Waals surface area contributed by atoms with Crippen molar-refractivity contribution in [3.05, 3.63) is 28.3 Å². The minimum absolute atomic E-state index is 0.125. The van der Waals surface area contributed by atoms with Crippen molar-refractivity contribution in [2.24, 2.45) is 11.7 Å². The van der Waals surface area contributed by atoms with Crippen LogP contribution in [0, 0.1) is 12.8 Å². The van der Waals surface area contributed by atoms with Crippen LogP contribution in [-0.4, -0.2) is 14.5 Å². The van der Waals surface area contributed by atoms with Crippen molar-refractivity contribution in [2.45, 2.75) is 51.6 Å². The molecule has 1 aromatic rings. The first-order valence-corrected chi connectivity index (χ1v) is 8.55. The van der Waals surface area contributed by atoms with Gasteiger partial charge in [-0.15, -0.1) is 0 Å². The van der Waals surface area contributed by atoms with E-state index in [-0.39, 0.29) is 17.5 Å². The highest BCUT2D eigenvalue weighted by molar-refractivity contribution is 7.89. The lowest BCUT2D eigenvalue weighted by Crippen LogP contribution is -2.34. The van der Waals surface area contributed by atoms with Gasteiger partial charge in [0.25, 0.3) is 0 Å². The monoisotopic (exact) mass is 318 g/mol. The molecule has 1 aromatic carbocycles. The predicted molar refractivity (Wildman–Crippen MR) is 83.3 cm³/mol. The maximum absolute atomic E-state index is 12.5. The van der Waals surface area contributed by atoms with Crippen LogP contribution in [-0.2, 0) is 16.6 Å². The first kappa shape index (κ1) is 17.4. The maximum Gasteiger partial charge on any atom is 0.241 e. The summed E-state index contributed by atoms with van der Waals surface area (Å²) < 4.78 is 27.6. The van der Waals surface area contributed by atoms with Crippen LogP contribution in [0.4, 0.5) is 0 Å². The molecule has 6 heteroatoms. The molecule has 0 radical (unpaired) electrons. The van der Waals surface area contributed by atoms with Gasteiger partial charge in [0.15, 0.2) is 0 Å². The summed E-state index contributed by atoms with van der Waals surface area (Å²) in [7, 11) is -3.58. The summed E-state index contributed by atoms with van der Waals surface area (Å²) in [5, 5.41) is 0.382. The van der Waals surface area contributed by atoms with E-state index < -0.39 is 10.0 Å². The second kappa shape index (κ2) is 6.89. The highest BCUT2D eigenvalue weighted by Crippen LogP contribution is 2.24. The third-order valence-electron chi connectivity index (χ3n) is 3.12. The molecule has 0 aliphatic rings. The van der Waals surface area contributed by atoms with E-state index >= 15 is 0 Å². The molecule has 1 atom stereocenters. The summed E-state index contributed by atoms with van der Waals surface area (Å²) in [4.78, 5) is 0.209. The van der Waals surface area contributed by atoms with Crippen molar-refractivity contribution in [3.8, 4) is 0 Å². The van der Waals surface area contributed by atoms with E-state index in [4.69, 9.17) is 17.3 Å². The topological polar surface area (TPSA) is 72.2 Å². The van der Waals surface area contributed by atoms with E-state index in [2.05, 4.69) is 18.6 Å². The number of halogens is 1. The molecule has 3 N–H and O–H groups in total. The molecule has 1 rings (SSSR count). The van der Waals surface area contributed by atoms with Crippen LogP contribution in [0.2, 0.25) is 5.02 Å². The molecule has 0 aliphatic carbocycles. The highest BCUT2D eigenvalue weighted by Gasteiger charge is 2.22. The third-order valence-corrected chi connectivity index (χ3v) is 5.06. The van der Waals surface area contributed by atoms with Crippen LogP contribution >= 0.6 is 11.6 Å². The number of sulfonamides is 1. The molecule has 0 amide bonds. The van der Waals surface area contributed by atoms with Gasteiger partial charge in [-0.2, -0.15) is 0 Å². The fraction of sp³-hybridized carbons (Fsp3) is 0.571. The Kier molecular flexibility index (Phi) is 6.01. The fourth-order valence-electron chi connectivity index (χ4n) is 2.28. The van der Waals surface area contributed by atoms with Gasteiger partial charge >= 0.3 is 0 Å². The molecule has 0 saturated heterocycles. The molecule has 0 bridgehead atoms. The van der Waals surface area contributed by atoms with Gasteiger partial charge in [0.2, 0.25) is 10.0 Å². The standard InChI is InChI=1S/C14H23ClN2O2S/c1-9(2)5-10(3)17-20(18,19)14-7-13(15)6-12(8-16)11(14)4/h6-7,9-10,17H,5,8,16H2,1-4H3. The van der Waals surface area contributed by atoms with Gasteiger partial charge < -0.3 is 5.73 Å². The van der Waals surface area contributed by atoms with E-state index in [1.165, 1.54) is 6.07 Å². The number of nitrogens with two attached hydrogens (primary N) is 1. The number of benzene rings is 1. The lowest BCUT2D eigenvalue weighted by Gasteiger charge is -2.18. The van der Waals surface area contributed by atoms with Gasteiger partial charge in [0.05, 0.1) is 4.90 Å². The largest absolute Gasteiger partial charge is 0.326 e. The SMILES string of the molecule is Cc1c(CN)cc(Cl)cc1S(=O)(=O)NC(C)CC(C)C. The Morgan fingerprint density at radius 1 is 1.30 bits per heavy atom. The number of rotatable bonds is 6. The summed E-state index contributed by atoms with van der Waals surface area (Å²) in [6, 6.07) is 3.05. The van der Waals surface area contributed by atoms with E-state index in [1.54, 1.807) is 13.0 Å². The highest BCUT2D eigenvalue weighted by atomic mass is 35.5. The summed E-state index contributed by atoms with van der Waals surface area (Å²) >= 11 is 5.98. The summed E-state index contributed by atoms with van der Waals surface area (Å²) in [6.07, 6.45) is 0.780. The summed E-state index contributed by atoms with van der Waals surface area (Å²) in [6.45, 7) is 7.99. The lowest BCUT2D eigenvalue weighted by atomic mass is 10.1. The van der Waals surface area contributed by atoms with Crippen LogP contribution in [0.25, 0.3) is 0 Å². The molecule has 0 saturated carbocycles. The second-order valence-electron chi connectivity index (χ2n) is 5.54. The average Bonchev–Trinajstić information content (AvgIpc) is 2.29. The Balaban J connectivity index is 3.13. The molecule has 20 heavy (non-hydrogen) atoms. The van der Waals surface area contributed by atoms with Crippen LogP contribution in [0.3, 0.4) is 0 Å². The van der Waals surface area contributed by atoms with Crippen LogP contribution in [0.15, 0.2) is 17.0 Å². The normalized spacial score (nSPS) is 13.8. The molecule has 0 aliphatic heterocycles. The Labute approximate surface area is 126 Å². The molecule has 0 spiro atoms. The smallest absolute Gasteiger partial charge is 0.241 e. The zero-order chi connectivity index (χ0) is 15.5. The maximum atomic E-state index is 12.5. The van der Waals surface area contributed by atoms with Crippen LogP contribution < -0.4 is 10.5 Å². The summed E-state index contributed by atoms with van der Waals surface area (Å²) in [5.74, 6) is 0.424. The Hall–Kier alpha value is -0.620. The van der Waals surface area contributed by atoms with Crippen molar-refractivity contribution >= 4 is 21.6 Å². The molecule has 1 unspecified atom stereocenters. The minimum atomic E-state index is -3.58. The van der Waals surface area contributed by atoms with Gasteiger partial charge in [0, 0.05) is 17.6 Å². The molecular weight excluding hydrogens is 296 g/mol. The zero-order valence-electron chi connectivity index (χ0n) is 12.4. The average molecular weight is 319 g/mol. The van der Waals surface area contributed by atoms with Crippen LogP contribution in [0.1, 0.15) is 38.3 Å². The number of hydrogen-bond donors (Lipinski definition) is 2. The molecule has 114 valence electrons. The number of nitrogens with one attached hydrogen (secondary N) is 1. The van der Waals surface area contributed by atoms with E-state index in [0.717, 1.165) is 12.0 Å². The van der Waals surface area contributed by atoms with Gasteiger partial charge in [-0.1, -0.05) is 25.4 Å². The van der Waals surface area contributed by atoms with E-state index in [0.29, 0.717) is 16.5 Å². The summed E-state index contributed by atoms with van der Waals surface area (Å²) in [5.41, 5.74) is 7.02. The number of hydrogen-bond acceptors (Lipinski definition) is 3. The van der Waals surface area contributed by atoms with E-state index in [9.17, 15) is 8.42 Å². The third kappa shape index (κ3) is 4.45. The quantitative estimate of drug-likeness (QED) is 0.847. The molecule has 4 nitrogen and oxygen atoms in total. The molecule has 0 heterocycles. The van der Waals surface area contributed by atoms with Crippen molar-refractivity contribution < 1.29 is 8.42 Å². The van der Waals surface area contributed by atoms with Gasteiger partial charge in [0.1, 0.15) is 0 Å².